The van der Waals surface area contributed by atoms with Gasteiger partial charge in [0.1, 0.15) is 5.01 Å². The second-order valence-electron chi connectivity index (χ2n) is 6.03. The molecule has 114 valence electrons. The molecule has 0 saturated carbocycles. The van der Waals surface area contributed by atoms with Gasteiger partial charge in [-0.2, -0.15) is 0 Å². The van der Waals surface area contributed by atoms with Crippen LogP contribution in [-0.4, -0.2) is 36.1 Å². The van der Waals surface area contributed by atoms with Crippen molar-refractivity contribution in [3.63, 3.8) is 0 Å². The van der Waals surface area contributed by atoms with Crippen LogP contribution in [0.25, 0.3) is 10.2 Å². The van der Waals surface area contributed by atoms with E-state index in [0.29, 0.717) is 6.04 Å². The number of nitrogens with zero attached hydrogens (tertiary/aromatic N) is 2. The van der Waals surface area contributed by atoms with Crippen LogP contribution in [0.1, 0.15) is 37.7 Å². The zero-order valence-electron chi connectivity index (χ0n) is 13.0. The summed E-state index contributed by atoms with van der Waals surface area (Å²) in [7, 11) is 0. The van der Waals surface area contributed by atoms with Crippen molar-refractivity contribution in [3.05, 3.63) is 29.3 Å². The molecule has 1 fully saturated rings. The topological polar surface area (TPSA) is 28.2 Å². The molecule has 0 amide bonds. The molecule has 1 aromatic heterocycles. The Morgan fingerprint density at radius 1 is 1.33 bits per heavy atom. The molecule has 1 aliphatic heterocycles. The van der Waals surface area contributed by atoms with Crippen molar-refractivity contribution in [2.24, 2.45) is 5.92 Å². The summed E-state index contributed by atoms with van der Waals surface area (Å²) in [5, 5.41) is 4.90. The SMILES string of the molecule is CCN1CCC(CNC(C)c2nc3ccccc3s2)CC1. The van der Waals surface area contributed by atoms with Crippen LogP contribution in [0.2, 0.25) is 0 Å². The number of hydrogen-bond donors (Lipinski definition) is 1. The van der Waals surface area contributed by atoms with E-state index in [0.717, 1.165) is 18.0 Å². The highest BCUT2D eigenvalue weighted by Crippen LogP contribution is 2.26. The van der Waals surface area contributed by atoms with E-state index in [1.165, 1.54) is 42.2 Å². The van der Waals surface area contributed by atoms with E-state index in [1.807, 2.05) is 11.3 Å². The third kappa shape index (κ3) is 3.62. The number of benzene rings is 1. The number of likely N-dealkylation sites (tertiary alicyclic amines) is 1. The van der Waals surface area contributed by atoms with Gasteiger partial charge in [-0.05, 0) is 64.0 Å². The van der Waals surface area contributed by atoms with Crippen LogP contribution >= 0.6 is 11.3 Å². The minimum atomic E-state index is 0.353. The van der Waals surface area contributed by atoms with Gasteiger partial charge in [0.25, 0.3) is 0 Å². The third-order valence-electron chi connectivity index (χ3n) is 4.55. The van der Waals surface area contributed by atoms with E-state index >= 15 is 0 Å². The zero-order chi connectivity index (χ0) is 14.7. The van der Waals surface area contributed by atoms with Crippen LogP contribution in [0, 0.1) is 5.92 Å². The molecule has 0 aliphatic carbocycles. The highest BCUT2D eigenvalue weighted by Gasteiger charge is 2.19. The number of nitrogens with one attached hydrogen (secondary N) is 1. The summed E-state index contributed by atoms with van der Waals surface area (Å²) in [5.74, 6) is 0.824. The molecular weight excluding hydrogens is 278 g/mol. The highest BCUT2D eigenvalue weighted by molar-refractivity contribution is 7.18. The van der Waals surface area contributed by atoms with E-state index in [-0.39, 0.29) is 0 Å². The van der Waals surface area contributed by atoms with Gasteiger partial charge in [0, 0.05) is 0 Å². The molecule has 1 aliphatic rings. The zero-order valence-corrected chi connectivity index (χ0v) is 13.8. The molecule has 1 N–H and O–H groups in total. The number of para-hydroxylation sites is 1. The fraction of sp³-hybridized carbons (Fsp3) is 0.588. The molecule has 1 saturated heterocycles. The lowest BCUT2D eigenvalue weighted by atomic mass is 9.96. The van der Waals surface area contributed by atoms with Crippen molar-refractivity contribution >= 4 is 21.6 Å². The molecule has 2 aromatic rings. The average molecular weight is 303 g/mol. The maximum atomic E-state index is 4.75. The van der Waals surface area contributed by atoms with Crippen LogP contribution in [0.4, 0.5) is 0 Å². The number of rotatable bonds is 5. The Morgan fingerprint density at radius 2 is 2.10 bits per heavy atom. The average Bonchev–Trinajstić information content (AvgIpc) is 2.97. The Kier molecular flexibility index (Phi) is 4.88. The monoisotopic (exact) mass is 303 g/mol. The van der Waals surface area contributed by atoms with Gasteiger partial charge in [-0.25, -0.2) is 4.98 Å². The molecule has 0 radical (unpaired) electrons. The Hall–Kier alpha value is -0.970. The summed E-state index contributed by atoms with van der Waals surface area (Å²) in [5.41, 5.74) is 1.13. The maximum absolute atomic E-state index is 4.75. The normalized spacial score (nSPS) is 19.1. The van der Waals surface area contributed by atoms with Gasteiger partial charge in [-0.3, -0.25) is 0 Å². The Bertz CT molecular complexity index is 539. The first-order chi connectivity index (χ1) is 10.3. The molecule has 0 bridgehead atoms. The lowest BCUT2D eigenvalue weighted by molar-refractivity contribution is 0.188. The minimum Gasteiger partial charge on any atom is -0.308 e. The van der Waals surface area contributed by atoms with Gasteiger partial charge in [-0.1, -0.05) is 19.1 Å². The summed E-state index contributed by atoms with van der Waals surface area (Å²) in [4.78, 5) is 7.30. The smallest absolute Gasteiger partial charge is 0.111 e. The molecule has 1 aromatic carbocycles. The van der Waals surface area contributed by atoms with E-state index in [1.54, 1.807) is 0 Å². The summed E-state index contributed by atoms with van der Waals surface area (Å²) in [6, 6.07) is 8.76. The predicted octanol–water partition coefficient (Wildman–Crippen LogP) is 3.68. The second kappa shape index (κ2) is 6.86. The van der Waals surface area contributed by atoms with Crippen LogP contribution in [0.15, 0.2) is 24.3 Å². The van der Waals surface area contributed by atoms with E-state index in [4.69, 9.17) is 4.98 Å². The molecule has 3 rings (SSSR count). The number of thiazole rings is 1. The minimum absolute atomic E-state index is 0.353. The van der Waals surface area contributed by atoms with Gasteiger partial charge in [-0.15, -0.1) is 11.3 Å². The first-order valence-electron chi connectivity index (χ1n) is 8.07. The van der Waals surface area contributed by atoms with E-state index in [2.05, 4.69) is 48.3 Å². The maximum Gasteiger partial charge on any atom is 0.111 e. The second-order valence-corrected chi connectivity index (χ2v) is 7.09. The largest absolute Gasteiger partial charge is 0.308 e. The quantitative estimate of drug-likeness (QED) is 0.913. The van der Waals surface area contributed by atoms with Crippen molar-refractivity contribution in [1.82, 2.24) is 15.2 Å². The first kappa shape index (κ1) is 14.9. The Morgan fingerprint density at radius 3 is 2.81 bits per heavy atom. The lowest BCUT2D eigenvalue weighted by Crippen LogP contribution is -2.37. The highest BCUT2D eigenvalue weighted by atomic mass is 32.1. The van der Waals surface area contributed by atoms with Crippen LogP contribution in [0.5, 0.6) is 0 Å². The number of aromatic nitrogens is 1. The number of hydrogen-bond acceptors (Lipinski definition) is 4. The first-order valence-corrected chi connectivity index (χ1v) is 8.89. The molecule has 0 spiro atoms. The van der Waals surface area contributed by atoms with Crippen LogP contribution in [-0.2, 0) is 0 Å². The molecule has 21 heavy (non-hydrogen) atoms. The Labute approximate surface area is 131 Å². The van der Waals surface area contributed by atoms with Crippen molar-refractivity contribution in [3.8, 4) is 0 Å². The third-order valence-corrected chi connectivity index (χ3v) is 5.77. The standard InChI is InChI=1S/C17H25N3S/c1-3-20-10-8-14(9-11-20)12-18-13(2)17-19-15-6-4-5-7-16(15)21-17/h4-7,13-14,18H,3,8-12H2,1-2H3. The number of fused-ring (bicyclic) bond motifs is 1. The molecule has 1 unspecified atom stereocenters. The Balaban J connectivity index is 1.53. The van der Waals surface area contributed by atoms with Crippen molar-refractivity contribution in [1.29, 1.82) is 0 Å². The molecule has 3 nitrogen and oxygen atoms in total. The van der Waals surface area contributed by atoms with Gasteiger partial charge in [0.2, 0.25) is 0 Å². The molecular formula is C17H25N3S. The summed E-state index contributed by atoms with van der Waals surface area (Å²) >= 11 is 1.81. The van der Waals surface area contributed by atoms with E-state index in [9.17, 15) is 0 Å². The van der Waals surface area contributed by atoms with Crippen LogP contribution in [0.3, 0.4) is 0 Å². The summed E-state index contributed by atoms with van der Waals surface area (Å²) in [6.45, 7) is 9.33. The fourth-order valence-corrected chi connectivity index (χ4v) is 4.01. The predicted molar refractivity (Wildman–Crippen MR) is 90.9 cm³/mol. The molecule has 4 heteroatoms. The van der Waals surface area contributed by atoms with Crippen molar-refractivity contribution < 1.29 is 0 Å². The summed E-state index contributed by atoms with van der Waals surface area (Å²) < 4.78 is 1.29. The van der Waals surface area contributed by atoms with Crippen molar-refractivity contribution in [2.75, 3.05) is 26.2 Å². The summed E-state index contributed by atoms with van der Waals surface area (Å²) in [6.07, 6.45) is 2.65. The van der Waals surface area contributed by atoms with Gasteiger partial charge in [0.15, 0.2) is 0 Å². The lowest BCUT2D eigenvalue weighted by Gasteiger charge is -2.31. The van der Waals surface area contributed by atoms with Crippen LogP contribution < -0.4 is 5.32 Å². The van der Waals surface area contributed by atoms with Crippen molar-refractivity contribution in [2.45, 2.75) is 32.7 Å². The molecule has 1 atom stereocenters. The van der Waals surface area contributed by atoms with Gasteiger partial charge in [0.05, 0.1) is 16.3 Å². The van der Waals surface area contributed by atoms with Gasteiger partial charge >= 0.3 is 0 Å². The number of piperidine rings is 1. The van der Waals surface area contributed by atoms with E-state index < -0.39 is 0 Å². The fourth-order valence-electron chi connectivity index (χ4n) is 3.01. The molecule has 2 heterocycles. The van der Waals surface area contributed by atoms with Gasteiger partial charge < -0.3 is 10.2 Å².